The van der Waals surface area contributed by atoms with E-state index in [4.69, 9.17) is 0 Å². The van der Waals surface area contributed by atoms with Crippen molar-refractivity contribution in [3.63, 3.8) is 0 Å². The van der Waals surface area contributed by atoms with Gasteiger partial charge in [0.1, 0.15) is 5.82 Å². The highest BCUT2D eigenvalue weighted by molar-refractivity contribution is 5.97. The molecule has 0 spiro atoms. The smallest absolute Gasteiger partial charge is 0.251 e. The quantitative estimate of drug-likeness (QED) is 0.500. The Labute approximate surface area is 173 Å². The molecule has 7 nitrogen and oxygen atoms in total. The second-order valence-electron chi connectivity index (χ2n) is 7.22. The van der Waals surface area contributed by atoms with Gasteiger partial charge < -0.3 is 5.32 Å². The van der Waals surface area contributed by atoms with Crippen molar-refractivity contribution in [2.75, 3.05) is 0 Å². The molecule has 2 aromatic carbocycles. The van der Waals surface area contributed by atoms with Gasteiger partial charge in [0.05, 0.1) is 17.1 Å². The van der Waals surface area contributed by atoms with Gasteiger partial charge in [-0.25, -0.2) is 4.98 Å². The van der Waals surface area contributed by atoms with Crippen LogP contribution in [-0.4, -0.2) is 30.1 Å². The standard InChI is InChI=1S/C23H20N6O/c1-15(22-27-26-21-10-6-7-13-28(21)22)24-23(30)17-11-12-20-19(14-17)25-16(2)29(20)18-8-4-3-5-9-18/h3-15H,1-2H3,(H,24,30). The molecule has 0 bridgehead atoms. The van der Waals surface area contributed by atoms with E-state index >= 15 is 0 Å². The molecule has 30 heavy (non-hydrogen) atoms. The molecule has 5 rings (SSSR count). The van der Waals surface area contributed by atoms with E-state index in [-0.39, 0.29) is 11.9 Å². The van der Waals surface area contributed by atoms with Gasteiger partial charge in [0.15, 0.2) is 11.5 Å². The summed E-state index contributed by atoms with van der Waals surface area (Å²) in [5.74, 6) is 1.38. The Hall–Kier alpha value is -4.00. The fourth-order valence-corrected chi connectivity index (χ4v) is 3.74. The Morgan fingerprint density at radius 3 is 2.63 bits per heavy atom. The summed E-state index contributed by atoms with van der Waals surface area (Å²) in [7, 11) is 0. The van der Waals surface area contributed by atoms with Gasteiger partial charge in [-0.1, -0.05) is 24.3 Å². The largest absolute Gasteiger partial charge is 0.342 e. The Balaban J connectivity index is 1.44. The predicted octanol–water partition coefficient (Wildman–Crippen LogP) is 3.87. The van der Waals surface area contributed by atoms with E-state index in [1.165, 1.54) is 0 Å². The normalized spacial score (nSPS) is 12.3. The number of hydrogen-bond acceptors (Lipinski definition) is 4. The van der Waals surface area contributed by atoms with Crippen LogP contribution in [0.4, 0.5) is 0 Å². The number of carbonyl (C=O) groups excluding carboxylic acids is 1. The van der Waals surface area contributed by atoms with Crippen LogP contribution in [0, 0.1) is 6.92 Å². The maximum Gasteiger partial charge on any atom is 0.251 e. The lowest BCUT2D eigenvalue weighted by Crippen LogP contribution is -2.28. The molecule has 0 fully saturated rings. The van der Waals surface area contributed by atoms with Crippen LogP contribution in [-0.2, 0) is 0 Å². The van der Waals surface area contributed by atoms with Crippen molar-refractivity contribution in [1.29, 1.82) is 0 Å². The molecule has 0 radical (unpaired) electrons. The lowest BCUT2D eigenvalue weighted by molar-refractivity contribution is 0.0938. The zero-order chi connectivity index (χ0) is 20.7. The fraction of sp³-hybridized carbons (Fsp3) is 0.130. The number of imidazole rings is 1. The van der Waals surface area contributed by atoms with Crippen LogP contribution in [0.5, 0.6) is 0 Å². The SMILES string of the molecule is Cc1nc2cc(C(=O)NC(C)c3nnc4ccccn34)ccc2n1-c1ccccc1. The van der Waals surface area contributed by atoms with E-state index < -0.39 is 0 Å². The highest BCUT2D eigenvalue weighted by Gasteiger charge is 2.18. The summed E-state index contributed by atoms with van der Waals surface area (Å²) in [6, 6.07) is 21.1. The number of amides is 1. The molecule has 3 heterocycles. The average molecular weight is 396 g/mol. The number of nitrogens with zero attached hydrogens (tertiary/aromatic N) is 5. The van der Waals surface area contributed by atoms with E-state index in [2.05, 4.69) is 25.1 Å². The number of pyridine rings is 1. The summed E-state index contributed by atoms with van der Waals surface area (Å²) in [6.07, 6.45) is 1.89. The third kappa shape index (κ3) is 3.00. The number of aryl methyl sites for hydroxylation is 1. The minimum Gasteiger partial charge on any atom is -0.342 e. The van der Waals surface area contributed by atoms with Gasteiger partial charge in [-0.05, 0) is 56.3 Å². The Morgan fingerprint density at radius 2 is 1.80 bits per heavy atom. The third-order valence-corrected chi connectivity index (χ3v) is 5.17. The first-order valence-electron chi connectivity index (χ1n) is 9.77. The molecule has 0 saturated heterocycles. The zero-order valence-electron chi connectivity index (χ0n) is 16.6. The molecular formula is C23H20N6O. The van der Waals surface area contributed by atoms with E-state index in [9.17, 15) is 4.79 Å². The Kier molecular flexibility index (Phi) is 4.28. The number of hydrogen-bond donors (Lipinski definition) is 1. The maximum atomic E-state index is 12.9. The van der Waals surface area contributed by atoms with E-state index in [1.807, 2.05) is 91.2 Å². The van der Waals surface area contributed by atoms with Crippen LogP contribution < -0.4 is 5.32 Å². The number of fused-ring (bicyclic) bond motifs is 2. The van der Waals surface area contributed by atoms with Gasteiger partial charge in [0.2, 0.25) is 0 Å². The zero-order valence-corrected chi connectivity index (χ0v) is 16.6. The van der Waals surface area contributed by atoms with Crippen LogP contribution in [0.2, 0.25) is 0 Å². The minimum atomic E-state index is -0.297. The monoisotopic (exact) mass is 396 g/mol. The Morgan fingerprint density at radius 1 is 1.00 bits per heavy atom. The second kappa shape index (κ2) is 7.11. The van der Waals surface area contributed by atoms with Crippen molar-refractivity contribution < 1.29 is 4.79 Å². The molecule has 0 aliphatic rings. The number of aromatic nitrogens is 5. The fourth-order valence-electron chi connectivity index (χ4n) is 3.74. The molecule has 148 valence electrons. The molecule has 1 unspecified atom stereocenters. The second-order valence-corrected chi connectivity index (χ2v) is 7.22. The van der Waals surface area contributed by atoms with Crippen molar-refractivity contribution in [3.05, 3.63) is 90.1 Å². The summed E-state index contributed by atoms with van der Waals surface area (Å²) in [4.78, 5) is 17.5. The van der Waals surface area contributed by atoms with Gasteiger partial charge in [0.25, 0.3) is 5.91 Å². The first-order chi connectivity index (χ1) is 14.6. The molecule has 3 aromatic heterocycles. The van der Waals surface area contributed by atoms with Gasteiger partial charge in [-0.3, -0.25) is 13.8 Å². The average Bonchev–Trinajstić information content (AvgIpc) is 3.34. The van der Waals surface area contributed by atoms with Crippen LogP contribution in [0.25, 0.3) is 22.4 Å². The van der Waals surface area contributed by atoms with E-state index in [0.717, 1.165) is 28.2 Å². The summed E-state index contributed by atoms with van der Waals surface area (Å²) >= 11 is 0. The van der Waals surface area contributed by atoms with Crippen LogP contribution in [0.15, 0.2) is 72.9 Å². The van der Waals surface area contributed by atoms with Crippen LogP contribution in [0.1, 0.15) is 35.0 Å². The van der Waals surface area contributed by atoms with E-state index in [0.29, 0.717) is 11.4 Å². The van der Waals surface area contributed by atoms with Gasteiger partial charge in [0, 0.05) is 17.4 Å². The van der Waals surface area contributed by atoms with Crippen molar-refractivity contribution in [2.45, 2.75) is 19.9 Å². The van der Waals surface area contributed by atoms with Crippen molar-refractivity contribution in [3.8, 4) is 5.69 Å². The number of carbonyl (C=O) groups is 1. The molecule has 1 N–H and O–H groups in total. The van der Waals surface area contributed by atoms with E-state index in [1.54, 1.807) is 0 Å². The minimum absolute atomic E-state index is 0.177. The number of rotatable bonds is 4. The molecule has 5 aromatic rings. The highest BCUT2D eigenvalue weighted by atomic mass is 16.1. The molecule has 7 heteroatoms. The molecule has 1 amide bonds. The summed E-state index contributed by atoms with van der Waals surface area (Å²) in [5.41, 5.74) is 4.09. The van der Waals surface area contributed by atoms with Crippen molar-refractivity contribution in [2.24, 2.45) is 0 Å². The summed E-state index contributed by atoms with van der Waals surface area (Å²) in [6.45, 7) is 3.86. The highest BCUT2D eigenvalue weighted by Crippen LogP contribution is 2.22. The number of para-hydroxylation sites is 1. The van der Waals surface area contributed by atoms with Crippen molar-refractivity contribution >= 4 is 22.6 Å². The Bertz CT molecular complexity index is 1370. The van der Waals surface area contributed by atoms with Gasteiger partial charge >= 0.3 is 0 Å². The first kappa shape index (κ1) is 18.1. The molecule has 0 saturated carbocycles. The van der Waals surface area contributed by atoms with Crippen LogP contribution in [0.3, 0.4) is 0 Å². The maximum absolute atomic E-state index is 12.9. The molecular weight excluding hydrogens is 376 g/mol. The summed E-state index contributed by atoms with van der Waals surface area (Å²) < 4.78 is 3.96. The van der Waals surface area contributed by atoms with Gasteiger partial charge in [-0.2, -0.15) is 0 Å². The molecule has 1 atom stereocenters. The summed E-state index contributed by atoms with van der Waals surface area (Å²) in [5, 5.41) is 11.4. The van der Waals surface area contributed by atoms with Gasteiger partial charge in [-0.15, -0.1) is 10.2 Å². The lowest BCUT2D eigenvalue weighted by Gasteiger charge is -2.12. The van der Waals surface area contributed by atoms with Crippen molar-refractivity contribution in [1.82, 2.24) is 29.5 Å². The third-order valence-electron chi connectivity index (χ3n) is 5.17. The lowest BCUT2D eigenvalue weighted by atomic mass is 10.1. The molecule has 0 aliphatic heterocycles. The first-order valence-corrected chi connectivity index (χ1v) is 9.77. The van der Waals surface area contributed by atoms with Crippen LogP contribution >= 0.6 is 0 Å². The predicted molar refractivity (Wildman–Crippen MR) is 115 cm³/mol. The molecule has 0 aliphatic carbocycles. The number of nitrogens with one attached hydrogen (secondary N) is 1. The number of benzene rings is 2. The topological polar surface area (TPSA) is 77.1 Å².